The minimum atomic E-state index is -3.28. The summed E-state index contributed by atoms with van der Waals surface area (Å²) in [7, 11) is -3.28. The van der Waals surface area contributed by atoms with Gasteiger partial charge in [-0.15, -0.1) is 0 Å². The molecule has 2 aromatic rings. The number of rotatable bonds is 4. The standard InChI is InChI=1S/C20H27ClN6O3S/c1-20(2)8-17-15(9-23-27(17)12-20)14-7-18(22-10-16(14)21)25-19(28)24-13-5-4-6-26(11-13)31(3,29)30/h7,9-10,13H,4-6,8,11-12H2,1-3H3,(H2,22,24,25,28)/t13-/m0/s1. The van der Waals surface area contributed by atoms with Crippen LogP contribution in [0.5, 0.6) is 0 Å². The molecule has 168 valence electrons. The van der Waals surface area contributed by atoms with E-state index in [2.05, 4.69) is 34.6 Å². The molecule has 1 fully saturated rings. The first-order valence-corrected chi connectivity index (χ1v) is 12.5. The number of urea groups is 1. The Morgan fingerprint density at radius 1 is 1.29 bits per heavy atom. The van der Waals surface area contributed by atoms with Crippen molar-refractivity contribution in [2.75, 3.05) is 24.7 Å². The molecule has 11 heteroatoms. The molecule has 4 rings (SSSR count). The summed E-state index contributed by atoms with van der Waals surface area (Å²) in [5.41, 5.74) is 2.97. The second-order valence-corrected chi connectivity index (χ2v) is 11.5. The zero-order chi connectivity index (χ0) is 22.4. The molecule has 31 heavy (non-hydrogen) atoms. The van der Waals surface area contributed by atoms with Gasteiger partial charge in [0.1, 0.15) is 5.82 Å². The number of nitrogens with zero attached hydrogens (tertiary/aromatic N) is 4. The zero-order valence-corrected chi connectivity index (χ0v) is 19.4. The van der Waals surface area contributed by atoms with Gasteiger partial charge in [0, 0.05) is 48.7 Å². The largest absolute Gasteiger partial charge is 0.334 e. The highest BCUT2D eigenvalue weighted by atomic mass is 35.5. The zero-order valence-electron chi connectivity index (χ0n) is 17.9. The van der Waals surface area contributed by atoms with Crippen molar-refractivity contribution < 1.29 is 13.2 Å². The number of carbonyl (C=O) groups excluding carboxylic acids is 1. The highest BCUT2D eigenvalue weighted by Gasteiger charge is 2.32. The Balaban J connectivity index is 1.47. The fourth-order valence-electron chi connectivity index (χ4n) is 4.29. The van der Waals surface area contributed by atoms with Crippen molar-refractivity contribution in [3.63, 3.8) is 0 Å². The summed E-state index contributed by atoms with van der Waals surface area (Å²) >= 11 is 6.42. The number of amides is 2. The van der Waals surface area contributed by atoms with Crippen LogP contribution in [-0.4, -0.2) is 58.9 Å². The normalized spacial score (nSPS) is 21.0. The monoisotopic (exact) mass is 466 g/mol. The molecular weight excluding hydrogens is 440 g/mol. The Bertz CT molecular complexity index is 1110. The number of hydrogen-bond donors (Lipinski definition) is 2. The van der Waals surface area contributed by atoms with Crippen molar-refractivity contribution in [2.24, 2.45) is 5.41 Å². The minimum absolute atomic E-state index is 0.138. The number of sulfonamides is 1. The Labute approximate surface area is 187 Å². The van der Waals surface area contributed by atoms with E-state index in [4.69, 9.17) is 11.6 Å². The molecular formula is C20H27ClN6O3S. The van der Waals surface area contributed by atoms with E-state index >= 15 is 0 Å². The third-order valence-electron chi connectivity index (χ3n) is 5.75. The lowest BCUT2D eigenvalue weighted by atomic mass is 9.89. The molecule has 2 amide bonds. The maximum Gasteiger partial charge on any atom is 0.320 e. The average Bonchev–Trinajstić information content (AvgIpc) is 3.18. The van der Waals surface area contributed by atoms with Gasteiger partial charge < -0.3 is 5.32 Å². The van der Waals surface area contributed by atoms with Gasteiger partial charge in [-0.05, 0) is 30.7 Å². The van der Waals surface area contributed by atoms with Gasteiger partial charge in [-0.1, -0.05) is 25.4 Å². The fourth-order valence-corrected chi connectivity index (χ4v) is 5.40. The van der Waals surface area contributed by atoms with Crippen molar-refractivity contribution in [1.82, 2.24) is 24.4 Å². The van der Waals surface area contributed by atoms with Crippen LogP contribution in [0, 0.1) is 5.41 Å². The number of pyridine rings is 1. The molecule has 0 aromatic carbocycles. The van der Waals surface area contributed by atoms with Crippen LogP contribution in [0.2, 0.25) is 5.02 Å². The number of fused-ring (bicyclic) bond motifs is 1. The molecule has 0 spiro atoms. The maximum absolute atomic E-state index is 12.5. The minimum Gasteiger partial charge on any atom is -0.334 e. The average molecular weight is 467 g/mol. The van der Waals surface area contributed by atoms with Crippen molar-refractivity contribution >= 4 is 33.5 Å². The van der Waals surface area contributed by atoms with E-state index in [0.29, 0.717) is 23.8 Å². The molecule has 1 saturated heterocycles. The molecule has 1 atom stereocenters. The van der Waals surface area contributed by atoms with E-state index < -0.39 is 16.1 Å². The summed E-state index contributed by atoms with van der Waals surface area (Å²) in [4.78, 5) is 16.7. The highest BCUT2D eigenvalue weighted by Crippen LogP contribution is 2.39. The smallest absolute Gasteiger partial charge is 0.320 e. The van der Waals surface area contributed by atoms with Crippen molar-refractivity contribution in [3.8, 4) is 11.1 Å². The van der Waals surface area contributed by atoms with E-state index in [-0.39, 0.29) is 18.0 Å². The molecule has 2 aliphatic rings. The third-order valence-corrected chi connectivity index (χ3v) is 7.32. The Kier molecular flexibility index (Phi) is 5.74. The predicted molar refractivity (Wildman–Crippen MR) is 120 cm³/mol. The fraction of sp³-hybridized carbons (Fsp3) is 0.550. The first-order valence-electron chi connectivity index (χ1n) is 10.3. The molecule has 0 saturated carbocycles. The van der Waals surface area contributed by atoms with Gasteiger partial charge in [-0.3, -0.25) is 10.00 Å². The summed E-state index contributed by atoms with van der Waals surface area (Å²) in [6.07, 6.45) is 6.81. The maximum atomic E-state index is 12.5. The molecule has 4 heterocycles. The molecule has 2 aromatic heterocycles. The second-order valence-electron chi connectivity index (χ2n) is 9.11. The van der Waals surface area contributed by atoms with Crippen LogP contribution in [0.4, 0.5) is 10.6 Å². The Morgan fingerprint density at radius 3 is 2.81 bits per heavy atom. The lowest BCUT2D eigenvalue weighted by Crippen LogP contribution is -2.50. The van der Waals surface area contributed by atoms with E-state index in [1.165, 1.54) is 16.8 Å². The van der Waals surface area contributed by atoms with E-state index in [9.17, 15) is 13.2 Å². The van der Waals surface area contributed by atoms with Gasteiger partial charge in [0.15, 0.2) is 0 Å². The van der Waals surface area contributed by atoms with Gasteiger partial charge in [-0.25, -0.2) is 22.5 Å². The molecule has 9 nitrogen and oxygen atoms in total. The molecule has 0 radical (unpaired) electrons. The topological polar surface area (TPSA) is 109 Å². The van der Waals surface area contributed by atoms with Crippen LogP contribution >= 0.6 is 11.6 Å². The van der Waals surface area contributed by atoms with Gasteiger partial charge in [0.2, 0.25) is 10.0 Å². The first kappa shape index (κ1) is 22.0. The lowest BCUT2D eigenvalue weighted by Gasteiger charge is -2.31. The van der Waals surface area contributed by atoms with Crippen molar-refractivity contribution in [2.45, 2.75) is 45.7 Å². The number of carbonyl (C=O) groups is 1. The van der Waals surface area contributed by atoms with Crippen LogP contribution in [0.3, 0.4) is 0 Å². The number of nitrogens with one attached hydrogen (secondary N) is 2. The number of hydrogen-bond acceptors (Lipinski definition) is 5. The molecule has 2 aliphatic heterocycles. The van der Waals surface area contributed by atoms with Gasteiger partial charge in [0.25, 0.3) is 0 Å². The van der Waals surface area contributed by atoms with Crippen LogP contribution < -0.4 is 10.6 Å². The number of aromatic nitrogens is 3. The third kappa shape index (κ3) is 4.86. The summed E-state index contributed by atoms with van der Waals surface area (Å²) in [5, 5.41) is 10.6. The van der Waals surface area contributed by atoms with E-state index in [0.717, 1.165) is 36.2 Å². The number of anilines is 1. The van der Waals surface area contributed by atoms with E-state index in [1.54, 1.807) is 12.3 Å². The quantitative estimate of drug-likeness (QED) is 0.720. The number of halogens is 1. The van der Waals surface area contributed by atoms with Crippen LogP contribution in [0.25, 0.3) is 11.1 Å². The molecule has 0 unspecified atom stereocenters. The van der Waals surface area contributed by atoms with Crippen molar-refractivity contribution in [1.29, 1.82) is 0 Å². The van der Waals surface area contributed by atoms with E-state index in [1.807, 2.05) is 4.68 Å². The summed E-state index contributed by atoms with van der Waals surface area (Å²) in [6.45, 7) is 6.00. The van der Waals surface area contributed by atoms with Crippen LogP contribution in [0.1, 0.15) is 32.4 Å². The molecule has 0 aliphatic carbocycles. The number of piperidine rings is 1. The molecule has 2 N–H and O–H groups in total. The highest BCUT2D eigenvalue weighted by molar-refractivity contribution is 7.88. The Morgan fingerprint density at radius 2 is 2.06 bits per heavy atom. The van der Waals surface area contributed by atoms with Gasteiger partial charge >= 0.3 is 6.03 Å². The lowest BCUT2D eigenvalue weighted by molar-refractivity contribution is 0.236. The molecule has 0 bridgehead atoms. The summed E-state index contributed by atoms with van der Waals surface area (Å²) in [5.74, 6) is 0.366. The summed E-state index contributed by atoms with van der Waals surface area (Å²) < 4.78 is 27.0. The van der Waals surface area contributed by atoms with Gasteiger partial charge in [-0.2, -0.15) is 5.10 Å². The summed E-state index contributed by atoms with van der Waals surface area (Å²) in [6, 6.07) is 1.06. The van der Waals surface area contributed by atoms with Crippen LogP contribution in [-0.2, 0) is 23.0 Å². The van der Waals surface area contributed by atoms with Crippen LogP contribution in [0.15, 0.2) is 18.5 Å². The first-order chi connectivity index (χ1) is 14.5. The predicted octanol–water partition coefficient (Wildman–Crippen LogP) is 2.73. The van der Waals surface area contributed by atoms with Gasteiger partial charge in [0.05, 0.1) is 17.5 Å². The SMILES string of the molecule is CC1(C)Cc2c(-c3cc(NC(=O)N[C@H]4CCCN(S(C)(=O)=O)C4)ncc3Cl)cnn2C1. The Hall–Kier alpha value is -2.17. The second kappa shape index (κ2) is 8.07. The van der Waals surface area contributed by atoms with Crippen molar-refractivity contribution in [3.05, 3.63) is 29.2 Å².